The van der Waals surface area contributed by atoms with Gasteiger partial charge in [0.1, 0.15) is 0 Å². The molecule has 1 aromatic heterocycles. The molecule has 1 heterocycles. The summed E-state index contributed by atoms with van der Waals surface area (Å²) >= 11 is 1.86. The van der Waals surface area contributed by atoms with Crippen LogP contribution in [0.2, 0.25) is 0 Å². The van der Waals surface area contributed by atoms with Crippen LogP contribution >= 0.6 is 11.3 Å². The van der Waals surface area contributed by atoms with Crippen LogP contribution in [-0.4, -0.2) is 12.1 Å². The lowest BCUT2D eigenvalue weighted by molar-refractivity contribution is 0.0475. The largest absolute Gasteiger partial charge is 0.373 e. The Labute approximate surface area is 128 Å². The van der Waals surface area contributed by atoms with E-state index in [1.165, 1.54) is 41.9 Å². The molecule has 0 amide bonds. The van der Waals surface area contributed by atoms with Gasteiger partial charge in [-0.2, -0.15) is 0 Å². The smallest absolute Gasteiger partial charge is 0.0813 e. The molecular weight excluding hydrogens is 266 g/mol. The number of hydrogen-bond acceptors (Lipinski definition) is 3. The molecule has 0 spiro atoms. The lowest BCUT2D eigenvalue weighted by Crippen LogP contribution is -2.21. The monoisotopic (exact) mass is 297 g/mol. The standard InChI is InChI=1S/C17H31NOS/c1-5-6-7-8-9-15(4)19-13-17-11-10-16(20-17)12-18-14(2)3/h10-11,14-15,18H,5-9,12-13H2,1-4H3. The van der Waals surface area contributed by atoms with Crippen molar-refractivity contribution in [1.82, 2.24) is 5.32 Å². The molecule has 1 atom stereocenters. The molecular formula is C17H31NOS. The fourth-order valence-electron chi connectivity index (χ4n) is 2.07. The van der Waals surface area contributed by atoms with Crippen LogP contribution in [0.25, 0.3) is 0 Å². The van der Waals surface area contributed by atoms with Gasteiger partial charge in [-0.3, -0.25) is 0 Å². The summed E-state index contributed by atoms with van der Waals surface area (Å²) in [4.78, 5) is 2.74. The first-order valence-electron chi connectivity index (χ1n) is 8.04. The van der Waals surface area contributed by atoms with Crippen molar-refractivity contribution in [3.8, 4) is 0 Å². The van der Waals surface area contributed by atoms with Crippen LogP contribution < -0.4 is 5.32 Å². The highest BCUT2D eigenvalue weighted by Gasteiger charge is 2.05. The van der Waals surface area contributed by atoms with Crippen molar-refractivity contribution in [3.05, 3.63) is 21.9 Å². The number of thiophene rings is 1. The molecule has 2 nitrogen and oxygen atoms in total. The van der Waals surface area contributed by atoms with Crippen molar-refractivity contribution in [2.45, 2.75) is 85.1 Å². The normalized spacial score (nSPS) is 13.1. The fourth-order valence-corrected chi connectivity index (χ4v) is 2.96. The van der Waals surface area contributed by atoms with Gasteiger partial charge in [-0.05, 0) is 25.5 Å². The van der Waals surface area contributed by atoms with Gasteiger partial charge >= 0.3 is 0 Å². The van der Waals surface area contributed by atoms with Crippen LogP contribution in [0.3, 0.4) is 0 Å². The minimum Gasteiger partial charge on any atom is -0.373 e. The van der Waals surface area contributed by atoms with E-state index in [4.69, 9.17) is 4.74 Å². The molecule has 116 valence electrons. The van der Waals surface area contributed by atoms with Crippen LogP contribution in [0.5, 0.6) is 0 Å². The molecule has 0 aliphatic heterocycles. The van der Waals surface area contributed by atoms with Gasteiger partial charge in [-0.15, -0.1) is 11.3 Å². The molecule has 0 aromatic carbocycles. The Bertz CT molecular complexity index is 349. The first kappa shape index (κ1) is 17.7. The van der Waals surface area contributed by atoms with Crippen molar-refractivity contribution in [1.29, 1.82) is 0 Å². The van der Waals surface area contributed by atoms with Gasteiger partial charge in [0.2, 0.25) is 0 Å². The van der Waals surface area contributed by atoms with Crippen LogP contribution in [-0.2, 0) is 17.9 Å². The lowest BCUT2D eigenvalue weighted by atomic mass is 10.1. The maximum absolute atomic E-state index is 5.94. The van der Waals surface area contributed by atoms with E-state index < -0.39 is 0 Å². The Balaban J connectivity index is 2.17. The van der Waals surface area contributed by atoms with Gasteiger partial charge in [-0.1, -0.05) is 46.5 Å². The Hall–Kier alpha value is -0.380. The highest BCUT2D eigenvalue weighted by Crippen LogP contribution is 2.19. The maximum atomic E-state index is 5.94. The van der Waals surface area contributed by atoms with Crippen LogP contribution in [0, 0.1) is 0 Å². The second kappa shape index (κ2) is 10.4. The lowest BCUT2D eigenvalue weighted by Gasteiger charge is -2.12. The third-order valence-electron chi connectivity index (χ3n) is 3.38. The van der Waals surface area contributed by atoms with Crippen molar-refractivity contribution in [2.75, 3.05) is 0 Å². The van der Waals surface area contributed by atoms with Gasteiger partial charge < -0.3 is 10.1 Å². The van der Waals surface area contributed by atoms with E-state index >= 15 is 0 Å². The summed E-state index contributed by atoms with van der Waals surface area (Å²) in [6.07, 6.45) is 6.86. The SMILES string of the molecule is CCCCCCC(C)OCc1ccc(CNC(C)C)s1. The topological polar surface area (TPSA) is 21.3 Å². The van der Waals surface area contributed by atoms with Crippen molar-refractivity contribution >= 4 is 11.3 Å². The summed E-state index contributed by atoms with van der Waals surface area (Å²) in [7, 11) is 0. The number of unbranched alkanes of at least 4 members (excludes halogenated alkanes) is 3. The Morgan fingerprint density at radius 2 is 1.85 bits per heavy atom. The minimum absolute atomic E-state index is 0.381. The highest BCUT2D eigenvalue weighted by molar-refractivity contribution is 7.11. The molecule has 20 heavy (non-hydrogen) atoms. The molecule has 0 aliphatic carbocycles. The number of nitrogens with one attached hydrogen (secondary N) is 1. The second-order valence-electron chi connectivity index (χ2n) is 5.87. The summed E-state index contributed by atoms with van der Waals surface area (Å²) in [6, 6.07) is 4.95. The number of ether oxygens (including phenoxy) is 1. The zero-order valence-corrected chi connectivity index (χ0v) is 14.4. The quantitative estimate of drug-likeness (QED) is 0.572. The summed E-state index contributed by atoms with van der Waals surface area (Å²) in [5.74, 6) is 0. The summed E-state index contributed by atoms with van der Waals surface area (Å²) < 4.78 is 5.94. The molecule has 0 bridgehead atoms. The molecule has 1 N–H and O–H groups in total. The molecule has 3 heteroatoms. The zero-order valence-electron chi connectivity index (χ0n) is 13.6. The predicted octanol–water partition coefficient (Wildman–Crippen LogP) is 5.12. The van der Waals surface area contributed by atoms with E-state index in [1.807, 2.05) is 11.3 Å². The van der Waals surface area contributed by atoms with E-state index in [0.29, 0.717) is 12.1 Å². The summed E-state index contributed by atoms with van der Waals surface area (Å²) in [5, 5.41) is 3.45. The maximum Gasteiger partial charge on any atom is 0.0813 e. The van der Waals surface area contributed by atoms with Gasteiger partial charge in [-0.25, -0.2) is 0 Å². The van der Waals surface area contributed by atoms with Crippen molar-refractivity contribution in [2.24, 2.45) is 0 Å². The predicted molar refractivity (Wildman–Crippen MR) is 89.3 cm³/mol. The third-order valence-corrected chi connectivity index (χ3v) is 4.43. The molecule has 0 radical (unpaired) electrons. The van der Waals surface area contributed by atoms with E-state index in [1.54, 1.807) is 0 Å². The van der Waals surface area contributed by atoms with Crippen molar-refractivity contribution in [3.63, 3.8) is 0 Å². The van der Waals surface area contributed by atoms with E-state index in [-0.39, 0.29) is 0 Å². The molecule has 0 fully saturated rings. The van der Waals surface area contributed by atoms with Gasteiger partial charge in [0.15, 0.2) is 0 Å². The van der Waals surface area contributed by atoms with Gasteiger partial charge in [0.25, 0.3) is 0 Å². The summed E-state index contributed by atoms with van der Waals surface area (Å²) in [5.41, 5.74) is 0. The van der Waals surface area contributed by atoms with E-state index in [0.717, 1.165) is 13.2 Å². The minimum atomic E-state index is 0.381. The van der Waals surface area contributed by atoms with E-state index in [9.17, 15) is 0 Å². The molecule has 0 saturated heterocycles. The molecule has 1 rings (SSSR count). The molecule has 1 aromatic rings. The Morgan fingerprint density at radius 3 is 2.55 bits per heavy atom. The van der Waals surface area contributed by atoms with E-state index in [2.05, 4.69) is 45.1 Å². The van der Waals surface area contributed by atoms with Gasteiger partial charge in [0.05, 0.1) is 12.7 Å². The molecule has 0 aliphatic rings. The zero-order chi connectivity index (χ0) is 14.8. The Kier molecular flexibility index (Phi) is 9.16. The van der Waals surface area contributed by atoms with Crippen molar-refractivity contribution < 1.29 is 4.74 Å². The van der Waals surface area contributed by atoms with Crippen LogP contribution in [0.15, 0.2) is 12.1 Å². The fraction of sp³-hybridized carbons (Fsp3) is 0.765. The Morgan fingerprint density at radius 1 is 1.10 bits per heavy atom. The number of hydrogen-bond donors (Lipinski definition) is 1. The van der Waals surface area contributed by atoms with Gasteiger partial charge in [0, 0.05) is 22.3 Å². The molecule has 1 unspecified atom stereocenters. The number of rotatable bonds is 11. The third kappa shape index (κ3) is 8.03. The highest BCUT2D eigenvalue weighted by atomic mass is 32.1. The first-order chi connectivity index (χ1) is 9.61. The molecule has 0 saturated carbocycles. The average molecular weight is 298 g/mol. The second-order valence-corrected chi connectivity index (χ2v) is 7.13. The average Bonchev–Trinajstić information content (AvgIpc) is 2.87. The first-order valence-corrected chi connectivity index (χ1v) is 8.86. The van der Waals surface area contributed by atoms with Crippen LogP contribution in [0.4, 0.5) is 0 Å². The summed E-state index contributed by atoms with van der Waals surface area (Å²) in [6.45, 7) is 10.5. The van der Waals surface area contributed by atoms with Crippen LogP contribution in [0.1, 0.15) is 69.6 Å².